The number of rotatable bonds is 5. The maximum Gasteiger partial charge on any atom is 0.251 e. The quantitative estimate of drug-likeness (QED) is 0.859. The van der Waals surface area contributed by atoms with Crippen molar-refractivity contribution >= 4 is 15.9 Å². The summed E-state index contributed by atoms with van der Waals surface area (Å²) < 4.78 is 27.9. The summed E-state index contributed by atoms with van der Waals surface area (Å²) in [6, 6.07) is 15.0. The van der Waals surface area contributed by atoms with Crippen molar-refractivity contribution in [1.29, 1.82) is 0 Å². The molecule has 2 N–H and O–H groups in total. The van der Waals surface area contributed by atoms with Crippen molar-refractivity contribution in [3.63, 3.8) is 0 Å². The molecule has 5 nitrogen and oxygen atoms in total. The second kappa shape index (κ2) is 7.37. The van der Waals surface area contributed by atoms with Crippen LogP contribution in [0.1, 0.15) is 49.7 Å². The van der Waals surface area contributed by atoms with Gasteiger partial charge in [-0.3, -0.25) is 4.79 Å². The van der Waals surface area contributed by atoms with E-state index in [2.05, 4.69) is 10.0 Å². The molecule has 2 rings (SSSR count). The predicted octanol–water partition coefficient (Wildman–Crippen LogP) is 3.25. The molecule has 0 saturated carbocycles. The Morgan fingerprint density at radius 3 is 2.24 bits per heavy atom. The van der Waals surface area contributed by atoms with Crippen LogP contribution in [-0.4, -0.2) is 19.9 Å². The van der Waals surface area contributed by atoms with E-state index in [1.165, 1.54) is 12.1 Å². The van der Waals surface area contributed by atoms with Crippen LogP contribution in [0, 0.1) is 0 Å². The van der Waals surface area contributed by atoms with Crippen molar-refractivity contribution in [2.45, 2.75) is 44.2 Å². The van der Waals surface area contributed by atoms with Crippen LogP contribution in [0.3, 0.4) is 0 Å². The summed E-state index contributed by atoms with van der Waals surface area (Å²) in [5, 5.41) is 2.83. The number of amides is 1. The van der Waals surface area contributed by atoms with E-state index in [4.69, 9.17) is 0 Å². The standard InChI is InChI=1S/C19H24N2O3S/c1-14(15-9-6-5-7-10-15)21-25(23,24)17-12-8-11-16(13-17)18(22)20-19(2,3)4/h5-14,21H,1-4H3,(H,20,22). The Morgan fingerprint density at radius 2 is 1.64 bits per heavy atom. The van der Waals surface area contributed by atoms with Crippen molar-refractivity contribution in [2.75, 3.05) is 0 Å². The van der Waals surface area contributed by atoms with E-state index < -0.39 is 15.6 Å². The zero-order chi connectivity index (χ0) is 18.7. The summed E-state index contributed by atoms with van der Waals surface area (Å²) in [4.78, 5) is 12.3. The van der Waals surface area contributed by atoms with Crippen LogP contribution in [0.25, 0.3) is 0 Å². The molecule has 0 heterocycles. The second-order valence-corrected chi connectivity index (χ2v) is 8.70. The maximum atomic E-state index is 12.6. The summed E-state index contributed by atoms with van der Waals surface area (Å²) in [6.07, 6.45) is 0. The van der Waals surface area contributed by atoms with Gasteiger partial charge in [-0.25, -0.2) is 13.1 Å². The van der Waals surface area contributed by atoms with E-state index in [0.29, 0.717) is 5.56 Å². The van der Waals surface area contributed by atoms with Gasteiger partial charge in [0, 0.05) is 17.1 Å². The Bertz CT molecular complexity index is 840. The smallest absolute Gasteiger partial charge is 0.251 e. The number of benzene rings is 2. The summed E-state index contributed by atoms with van der Waals surface area (Å²) in [7, 11) is -3.74. The number of hydrogen-bond donors (Lipinski definition) is 2. The van der Waals surface area contributed by atoms with Gasteiger partial charge in [0.25, 0.3) is 5.91 Å². The van der Waals surface area contributed by atoms with Gasteiger partial charge < -0.3 is 5.32 Å². The Morgan fingerprint density at radius 1 is 1.00 bits per heavy atom. The zero-order valence-corrected chi connectivity index (χ0v) is 15.7. The van der Waals surface area contributed by atoms with E-state index in [9.17, 15) is 13.2 Å². The predicted molar refractivity (Wildman–Crippen MR) is 98.8 cm³/mol. The van der Waals surface area contributed by atoms with E-state index in [1.807, 2.05) is 51.1 Å². The molecule has 0 aromatic heterocycles. The average molecular weight is 360 g/mol. The lowest BCUT2D eigenvalue weighted by Crippen LogP contribution is -2.40. The van der Waals surface area contributed by atoms with E-state index in [0.717, 1.165) is 5.56 Å². The van der Waals surface area contributed by atoms with Gasteiger partial charge in [-0.1, -0.05) is 36.4 Å². The molecule has 1 amide bonds. The van der Waals surface area contributed by atoms with Gasteiger partial charge in [0.15, 0.2) is 0 Å². The van der Waals surface area contributed by atoms with Crippen LogP contribution >= 0.6 is 0 Å². The van der Waals surface area contributed by atoms with Gasteiger partial charge in [0.05, 0.1) is 4.90 Å². The van der Waals surface area contributed by atoms with Gasteiger partial charge in [-0.15, -0.1) is 0 Å². The van der Waals surface area contributed by atoms with Crippen LogP contribution in [0.4, 0.5) is 0 Å². The minimum atomic E-state index is -3.74. The summed E-state index contributed by atoms with van der Waals surface area (Å²) in [6.45, 7) is 7.39. The largest absolute Gasteiger partial charge is 0.347 e. The SMILES string of the molecule is CC(NS(=O)(=O)c1cccc(C(=O)NC(C)(C)C)c1)c1ccccc1. The molecule has 2 aromatic carbocycles. The fourth-order valence-electron chi connectivity index (χ4n) is 2.33. The first-order chi connectivity index (χ1) is 11.6. The highest BCUT2D eigenvalue weighted by Gasteiger charge is 2.21. The highest BCUT2D eigenvalue weighted by atomic mass is 32.2. The third-order valence-electron chi connectivity index (χ3n) is 3.53. The van der Waals surface area contributed by atoms with Gasteiger partial charge >= 0.3 is 0 Å². The molecule has 0 aliphatic rings. The molecular weight excluding hydrogens is 336 g/mol. The van der Waals surface area contributed by atoms with Crippen molar-refractivity contribution in [1.82, 2.24) is 10.0 Å². The normalized spacial score (nSPS) is 13.3. The zero-order valence-electron chi connectivity index (χ0n) is 14.9. The molecule has 6 heteroatoms. The molecule has 0 spiro atoms. The molecule has 2 aromatic rings. The van der Waals surface area contributed by atoms with Gasteiger partial charge in [0.2, 0.25) is 10.0 Å². The van der Waals surface area contributed by atoms with Gasteiger partial charge in [-0.2, -0.15) is 0 Å². The summed E-state index contributed by atoms with van der Waals surface area (Å²) >= 11 is 0. The number of sulfonamides is 1. The molecule has 0 fully saturated rings. The molecule has 0 radical (unpaired) electrons. The highest BCUT2D eigenvalue weighted by Crippen LogP contribution is 2.18. The lowest BCUT2D eigenvalue weighted by molar-refractivity contribution is 0.0919. The van der Waals surface area contributed by atoms with Crippen LogP contribution in [0.15, 0.2) is 59.5 Å². The molecule has 0 bridgehead atoms. The van der Waals surface area contributed by atoms with E-state index in [-0.39, 0.29) is 16.8 Å². The van der Waals surface area contributed by atoms with Crippen molar-refractivity contribution in [3.8, 4) is 0 Å². The third-order valence-corrected chi connectivity index (χ3v) is 5.06. The van der Waals surface area contributed by atoms with Crippen molar-refractivity contribution in [3.05, 3.63) is 65.7 Å². The van der Waals surface area contributed by atoms with Crippen LogP contribution in [-0.2, 0) is 10.0 Å². The molecular formula is C19H24N2O3S. The Balaban J connectivity index is 2.22. The molecule has 25 heavy (non-hydrogen) atoms. The Kier molecular flexibility index (Phi) is 5.65. The number of hydrogen-bond acceptors (Lipinski definition) is 3. The minimum Gasteiger partial charge on any atom is -0.347 e. The summed E-state index contributed by atoms with van der Waals surface area (Å²) in [5.74, 6) is -0.305. The lowest BCUT2D eigenvalue weighted by atomic mass is 10.1. The first kappa shape index (κ1) is 19.1. The molecule has 1 unspecified atom stereocenters. The van der Waals surface area contributed by atoms with Gasteiger partial charge in [-0.05, 0) is 51.5 Å². The summed E-state index contributed by atoms with van der Waals surface area (Å²) in [5.41, 5.74) is 0.782. The van der Waals surface area contributed by atoms with E-state index in [1.54, 1.807) is 19.1 Å². The third kappa shape index (κ3) is 5.41. The topological polar surface area (TPSA) is 75.3 Å². The second-order valence-electron chi connectivity index (χ2n) is 6.99. The number of carbonyl (C=O) groups is 1. The molecule has 1 atom stereocenters. The van der Waals surface area contributed by atoms with Crippen LogP contribution < -0.4 is 10.0 Å². The average Bonchev–Trinajstić information content (AvgIpc) is 2.54. The number of carbonyl (C=O) groups excluding carboxylic acids is 1. The maximum absolute atomic E-state index is 12.6. The Labute approximate surface area is 149 Å². The first-order valence-electron chi connectivity index (χ1n) is 8.08. The molecule has 0 aliphatic heterocycles. The van der Waals surface area contributed by atoms with Crippen molar-refractivity contribution in [2.24, 2.45) is 0 Å². The molecule has 134 valence electrons. The fraction of sp³-hybridized carbons (Fsp3) is 0.316. The highest BCUT2D eigenvalue weighted by molar-refractivity contribution is 7.89. The fourth-order valence-corrected chi connectivity index (χ4v) is 3.61. The van der Waals surface area contributed by atoms with Gasteiger partial charge in [0.1, 0.15) is 0 Å². The van der Waals surface area contributed by atoms with Crippen molar-refractivity contribution < 1.29 is 13.2 Å². The monoisotopic (exact) mass is 360 g/mol. The first-order valence-corrected chi connectivity index (χ1v) is 9.57. The molecule has 0 saturated heterocycles. The number of nitrogens with one attached hydrogen (secondary N) is 2. The lowest BCUT2D eigenvalue weighted by Gasteiger charge is -2.20. The van der Waals surface area contributed by atoms with Crippen LogP contribution in [0.5, 0.6) is 0 Å². The Hall–Kier alpha value is -2.18. The van der Waals surface area contributed by atoms with Crippen LogP contribution in [0.2, 0.25) is 0 Å². The van der Waals surface area contributed by atoms with E-state index >= 15 is 0 Å². The minimum absolute atomic E-state index is 0.0665. The molecule has 0 aliphatic carbocycles.